The van der Waals surface area contributed by atoms with E-state index in [1.54, 1.807) is 0 Å². The Morgan fingerprint density at radius 2 is 1.67 bits per heavy atom. The van der Waals surface area contributed by atoms with E-state index in [2.05, 4.69) is 21.1 Å². The largest absolute Gasteiger partial charge is 0.511 e. The number of aliphatic hydroxyl groups is 1. The van der Waals surface area contributed by atoms with Gasteiger partial charge in [-0.25, -0.2) is 0 Å². The van der Waals surface area contributed by atoms with Crippen LogP contribution < -0.4 is 0 Å². The molecule has 7 heteroatoms. The van der Waals surface area contributed by atoms with Crippen molar-refractivity contribution in [1.29, 1.82) is 0 Å². The zero-order valence-electron chi connectivity index (χ0n) is 19.5. The van der Waals surface area contributed by atoms with Crippen LogP contribution in [0, 0.1) is 10.8 Å². The summed E-state index contributed by atoms with van der Waals surface area (Å²) in [7, 11) is 0. The molecular weight excluding hydrogens is 484 g/mol. The van der Waals surface area contributed by atoms with Crippen LogP contribution in [0.4, 0.5) is 5.69 Å². The van der Waals surface area contributed by atoms with Gasteiger partial charge in [0.15, 0.2) is 11.6 Å². The van der Waals surface area contributed by atoms with E-state index in [9.17, 15) is 14.7 Å². The quantitative estimate of drug-likeness (QED) is 0.461. The number of aliphatic hydroxyl groups excluding tert-OH is 1. The Morgan fingerprint density at radius 3 is 2.33 bits per heavy atom. The number of aryl methyl sites for hydroxylation is 1. The van der Waals surface area contributed by atoms with Crippen LogP contribution in [-0.4, -0.2) is 27.5 Å². The Labute approximate surface area is 202 Å². The van der Waals surface area contributed by atoms with Crippen LogP contribution in [0.1, 0.15) is 75.2 Å². The summed E-state index contributed by atoms with van der Waals surface area (Å²) in [6.07, 6.45) is 2.64. The van der Waals surface area contributed by atoms with E-state index in [0.717, 1.165) is 4.47 Å². The van der Waals surface area contributed by atoms with Gasteiger partial charge in [-0.05, 0) is 47.9 Å². The SMILES string of the molecule is CC1(C)CC(=O)C(C(CCc2noc3c2C(=O)CC(C)(C)C3)=Nc2ccc(Br)cc2)=C(O)C1. The zero-order valence-corrected chi connectivity index (χ0v) is 21.1. The number of hydrogen-bond acceptors (Lipinski definition) is 6. The fraction of sp³-hybridized carbons (Fsp3) is 0.462. The van der Waals surface area contributed by atoms with E-state index in [0.29, 0.717) is 72.5 Å². The predicted molar refractivity (Wildman–Crippen MR) is 130 cm³/mol. The van der Waals surface area contributed by atoms with Crippen molar-refractivity contribution >= 4 is 38.9 Å². The number of ketones is 2. The van der Waals surface area contributed by atoms with Gasteiger partial charge in [-0.1, -0.05) is 48.8 Å². The Morgan fingerprint density at radius 1 is 1.03 bits per heavy atom. The van der Waals surface area contributed by atoms with Crippen molar-refractivity contribution in [2.45, 2.75) is 66.2 Å². The van der Waals surface area contributed by atoms with Crippen molar-refractivity contribution in [1.82, 2.24) is 5.16 Å². The third-order valence-corrected chi connectivity index (χ3v) is 6.75. The summed E-state index contributed by atoms with van der Waals surface area (Å²) in [6, 6.07) is 7.46. The number of aromatic nitrogens is 1. The minimum Gasteiger partial charge on any atom is -0.511 e. The highest BCUT2D eigenvalue weighted by molar-refractivity contribution is 9.10. The summed E-state index contributed by atoms with van der Waals surface area (Å²) >= 11 is 3.42. The van der Waals surface area contributed by atoms with Crippen molar-refractivity contribution in [3.05, 3.63) is 57.1 Å². The number of rotatable bonds is 5. The maximum Gasteiger partial charge on any atom is 0.168 e. The van der Waals surface area contributed by atoms with Crippen molar-refractivity contribution < 1.29 is 19.2 Å². The molecule has 1 aromatic carbocycles. The number of benzene rings is 1. The maximum absolute atomic E-state index is 13.0. The van der Waals surface area contributed by atoms with Gasteiger partial charge in [0.25, 0.3) is 0 Å². The van der Waals surface area contributed by atoms with E-state index < -0.39 is 0 Å². The molecule has 0 fully saturated rings. The summed E-state index contributed by atoms with van der Waals surface area (Å²) in [5, 5.41) is 15.0. The molecule has 33 heavy (non-hydrogen) atoms. The van der Waals surface area contributed by atoms with Gasteiger partial charge in [0.05, 0.1) is 28.2 Å². The Balaban J connectivity index is 1.68. The minimum atomic E-state index is -0.294. The monoisotopic (exact) mass is 512 g/mol. The lowest BCUT2D eigenvalue weighted by molar-refractivity contribution is -0.117. The molecule has 0 unspecified atom stereocenters. The number of aliphatic imine (C=N–C) groups is 1. The highest BCUT2D eigenvalue weighted by atomic mass is 79.9. The van der Waals surface area contributed by atoms with Crippen molar-refractivity contribution in [3.63, 3.8) is 0 Å². The van der Waals surface area contributed by atoms with Crippen LogP contribution in [0.5, 0.6) is 0 Å². The van der Waals surface area contributed by atoms with Crippen LogP contribution in [0.3, 0.4) is 0 Å². The number of Topliss-reactive ketones (excluding diaryl/α,β-unsaturated/α-hetero) is 2. The van der Waals surface area contributed by atoms with E-state index in [4.69, 9.17) is 9.52 Å². The fourth-order valence-corrected chi connectivity index (χ4v) is 5.02. The summed E-state index contributed by atoms with van der Waals surface area (Å²) in [5.41, 5.74) is 2.22. The fourth-order valence-electron chi connectivity index (χ4n) is 4.75. The lowest BCUT2D eigenvalue weighted by Gasteiger charge is -2.30. The maximum atomic E-state index is 13.0. The Kier molecular flexibility index (Phi) is 6.20. The normalized spacial score (nSPS) is 20.2. The van der Waals surface area contributed by atoms with Gasteiger partial charge in [-0.15, -0.1) is 0 Å². The summed E-state index contributed by atoms with van der Waals surface area (Å²) in [4.78, 5) is 30.6. The minimum absolute atomic E-state index is 0.0430. The van der Waals surface area contributed by atoms with Gasteiger partial charge in [0, 0.05) is 30.2 Å². The van der Waals surface area contributed by atoms with E-state index in [-0.39, 0.29) is 28.2 Å². The smallest absolute Gasteiger partial charge is 0.168 e. The number of fused-ring (bicyclic) bond motifs is 1. The number of carbonyl (C=O) groups excluding carboxylic acids is 2. The predicted octanol–water partition coefficient (Wildman–Crippen LogP) is 6.50. The van der Waals surface area contributed by atoms with Crippen molar-refractivity contribution in [2.24, 2.45) is 15.8 Å². The first-order valence-corrected chi connectivity index (χ1v) is 12.0. The lowest BCUT2D eigenvalue weighted by atomic mass is 9.74. The molecule has 0 spiro atoms. The second-order valence-corrected chi connectivity index (χ2v) is 11.6. The van der Waals surface area contributed by atoms with Crippen molar-refractivity contribution in [2.75, 3.05) is 0 Å². The lowest BCUT2D eigenvalue weighted by Crippen LogP contribution is -2.29. The zero-order chi connectivity index (χ0) is 24.0. The van der Waals surface area contributed by atoms with Crippen LogP contribution in [0.2, 0.25) is 0 Å². The van der Waals surface area contributed by atoms with Crippen LogP contribution >= 0.6 is 15.9 Å². The second-order valence-electron chi connectivity index (χ2n) is 10.7. The summed E-state index contributed by atoms with van der Waals surface area (Å²) < 4.78 is 6.45. The highest BCUT2D eigenvalue weighted by Crippen LogP contribution is 2.38. The summed E-state index contributed by atoms with van der Waals surface area (Å²) in [5.74, 6) is 0.642. The Bertz CT molecular complexity index is 1170. The standard InChI is InChI=1S/C26H29BrN2O4/c1-25(2)11-19(30)23(20(31)12-25)17(28-16-7-5-15(27)6-8-16)9-10-18-24-21(32)13-26(3,4)14-22(24)33-29-18/h5-8,30H,9-14H2,1-4H3. The molecule has 0 saturated heterocycles. The van der Waals surface area contributed by atoms with Gasteiger partial charge in [-0.3, -0.25) is 14.6 Å². The third-order valence-electron chi connectivity index (χ3n) is 6.22. The molecule has 0 bridgehead atoms. The summed E-state index contributed by atoms with van der Waals surface area (Å²) in [6.45, 7) is 8.03. The number of carbonyl (C=O) groups is 2. The van der Waals surface area contributed by atoms with Gasteiger partial charge in [0.2, 0.25) is 0 Å². The van der Waals surface area contributed by atoms with E-state index in [1.807, 2.05) is 52.0 Å². The first-order chi connectivity index (χ1) is 15.4. The number of allylic oxidation sites excluding steroid dienone is 2. The molecule has 6 nitrogen and oxygen atoms in total. The molecule has 1 aromatic heterocycles. The average Bonchev–Trinajstić information content (AvgIpc) is 3.07. The molecule has 1 N–H and O–H groups in total. The number of nitrogens with zero attached hydrogens (tertiary/aromatic N) is 2. The number of hydrogen-bond donors (Lipinski definition) is 1. The first kappa shape index (κ1) is 23.6. The average molecular weight is 513 g/mol. The van der Waals surface area contributed by atoms with Gasteiger partial charge in [0.1, 0.15) is 11.5 Å². The molecule has 0 atom stereocenters. The third kappa shape index (κ3) is 5.18. The van der Waals surface area contributed by atoms with Crippen LogP contribution in [0.25, 0.3) is 0 Å². The molecule has 4 rings (SSSR count). The molecule has 0 saturated carbocycles. The molecule has 0 amide bonds. The van der Waals surface area contributed by atoms with Crippen LogP contribution in [-0.2, 0) is 17.6 Å². The highest BCUT2D eigenvalue weighted by Gasteiger charge is 2.37. The molecule has 2 aliphatic rings. The molecule has 2 aromatic rings. The molecular formula is C26H29BrN2O4. The second kappa shape index (κ2) is 8.67. The van der Waals surface area contributed by atoms with Crippen LogP contribution in [0.15, 0.2) is 49.6 Å². The van der Waals surface area contributed by atoms with Gasteiger partial charge < -0.3 is 9.63 Å². The molecule has 2 aliphatic carbocycles. The molecule has 174 valence electrons. The number of halogens is 1. The molecule has 0 radical (unpaired) electrons. The molecule has 0 aliphatic heterocycles. The Hall–Kier alpha value is -2.54. The first-order valence-electron chi connectivity index (χ1n) is 11.2. The van der Waals surface area contributed by atoms with E-state index in [1.165, 1.54) is 0 Å². The van der Waals surface area contributed by atoms with Crippen molar-refractivity contribution in [3.8, 4) is 0 Å². The van der Waals surface area contributed by atoms with E-state index >= 15 is 0 Å². The molecule has 1 heterocycles. The van der Waals surface area contributed by atoms with Gasteiger partial charge in [-0.2, -0.15) is 0 Å². The topological polar surface area (TPSA) is 92.8 Å². The van der Waals surface area contributed by atoms with Gasteiger partial charge >= 0.3 is 0 Å².